The fraction of sp³-hybridized carbons (Fsp3) is 0.385. The Morgan fingerprint density at radius 3 is 2.82 bits per heavy atom. The number of carboxylic acids is 1. The van der Waals surface area contributed by atoms with Crippen LogP contribution in [0.15, 0.2) is 18.2 Å². The monoisotopic (exact) mass is 233 g/mol. The van der Waals surface area contributed by atoms with Gasteiger partial charge in [-0.25, -0.2) is 4.79 Å². The van der Waals surface area contributed by atoms with Crippen molar-refractivity contribution in [2.75, 3.05) is 7.05 Å². The molecule has 1 atom stereocenters. The SMILES string of the molecule is Cc1cccc2c1CCC(C(=O)O)N(C)C2=O. The maximum Gasteiger partial charge on any atom is 0.326 e. The van der Waals surface area contributed by atoms with Crippen molar-refractivity contribution in [3.05, 3.63) is 34.9 Å². The lowest BCUT2D eigenvalue weighted by Gasteiger charge is -2.22. The topological polar surface area (TPSA) is 57.6 Å². The lowest BCUT2D eigenvalue weighted by Crippen LogP contribution is -2.41. The summed E-state index contributed by atoms with van der Waals surface area (Å²) in [6, 6.07) is 4.83. The predicted octanol–water partition coefficient (Wildman–Crippen LogP) is 1.47. The largest absolute Gasteiger partial charge is 0.480 e. The molecule has 0 saturated carbocycles. The predicted molar refractivity (Wildman–Crippen MR) is 63.0 cm³/mol. The Hall–Kier alpha value is -1.84. The third-order valence-electron chi connectivity index (χ3n) is 3.38. The maximum absolute atomic E-state index is 12.2. The molecule has 0 radical (unpaired) electrons. The smallest absolute Gasteiger partial charge is 0.326 e. The molecule has 4 nitrogen and oxygen atoms in total. The number of carbonyl (C=O) groups is 2. The first-order valence-electron chi connectivity index (χ1n) is 5.61. The first-order valence-corrected chi connectivity index (χ1v) is 5.61. The second-order valence-corrected chi connectivity index (χ2v) is 4.41. The first kappa shape index (κ1) is 11.6. The van der Waals surface area contributed by atoms with E-state index in [0.717, 1.165) is 11.1 Å². The van der Waals surface area contributed by atoms with Gasteiger partial charge in [0, 0.05) is 12.6 Å². The standard InChI is InChI=1S/C13H15NO3/c1-8-4-3-5-10-9(8)6-7-11(13(16)17)14(2)12(10)15/h3-5,11H,6-7H2,1-2H3,(H,16,17). The fourth-order valence-corrected chi connectivity index (χ4v) is 2.33. The number of likely N-dealkylation sites (N-methyl/N-ethyl adjacent to an activating group) is 1. The van der Waals surface area contributed by atoms with Gasteiger partial charge in [0.2, 0.25) is 0 Å². The van der Waals surface area contributed by atoms with Crippen LogP contribution in [0, 0.1) is 6.92 Å². The number of amides is 1. The van der Waals surface area contributed by atoms with Gasteiger partial charge >= 0.3 is 5.97 Å². The van der Waals surface area contributed by atoms with Crippen LogP contribution in [0.1, 0.15) is 27.9 Å². The molecule has 2 rings (SSSR count). The van der Waals surface area contributed by atoms with E-state index in [-0.39, 0.29) is 5.91 Å². The molecule has 0 spiro atoms. The van der Waals surface area contributed by atoms with Crippen molar-refractivity contribution in [2.24, 2.45) is 0 Å². The number of benzene rings is 1. The Balaban J connectivity index is 2.48. The average molecular weight is 233 g/mol. The van der Waals surface area contributed by atoms with Gasteiger partial charge < -0.3 is 10.0 Å². The van der Waals surface area contributed by atoms with Gasteiger partial charge in [-0.3, -0.25) is 4.79 Å². The van der Waals surface area contributed by atoms with Crippen molar-refractivity contribution in [2.45, 2.75) is 25.8 Å². The van der Waals surface area contributed by atoms with E-state index in [2.05, 4.69) is 0 Å². The van der Waals surface area contributed by atoms with Crippen molar-refractivity contribution in [1.82, 2.24) is 4.90 Å². The quantitative estimate of drug-likeness (QED) is 0.799. The summed E-state index contributed by atoms with van der Waals surface area (Å²) in [4.78, 5) is 24.6. The van der Waals surface area contributed by atoms with Gasteiger partial charge in [-0.1, -0.05) is 12.1 Å². The van der Waals surface area contributed by atoms with Crippen LogP contribution in [0.2, 0.25) is 0 Å². The molecule has 0 saturated heterocycles. The molecule has 0 fully saturated rings. The molecule has 0 aliphatic carbocycles. The molecule has 0 aromatic heterocycles. The number of carboxylic acid groups (broad SMARTS) is 1. The summed E-state index contributed by atoms with van der Waals surface area (Å²) in [6.07, 6.45) is 1.10. The molecule has 1 aliphatic rings. The van der Waals surface area contributed by atoms with E-state index in [1.165, 1.54) is 4.90 Å². The van der Waals surface area contributed by atoms with Gasteiger partial charge in [0.15, 0.2) is 0 Å². The van der Waals surface area contributed by atoms with E-state index in [4.69, 9.17) is 5.11 Å². The molecular weight excluding hydrogens is 218 g/mol. The maximum atomic E-state index is 12.2. The summed E-state index contributed by atoms with van der Waals surface area (Å²) in [6.45, 7) is 1.95. The van der Waals surface area contributed by atoms with Crippen LogP contribution >= 0.6 is 0 Å². The summed E-state index contributed by atoms with van der Waals surface area (Å²) >= 11 is 0. The van der Waals surface area contributed by atoms with E-state index in [0.29, 0.717) is 18.4 Å². The van der Waals surface area contributed by atoms with Crippen LogP contribution in [-0.2, 0) is 11.2 Å². The van der Waals surface area contributed by atoms with Crippen LogP contribution in [0.3, 0.4) is 0 Å². The third kappa shape index (κ3) is 1.90. The van der Waals surface area contributed by atoms with Gasteiger partial charge in [0.25, 0.3) is 5.91 Å². The molecule has 1 unspecified atom stereocenters. The molecule has 1 aliphatic heterocycles. The highest BCUT2D eigenvalue weighted by Gasteiger charge is 2.31. The van der Waals surface area contributed by atoms with Gasteiger partial charge in [0.05, 0.1) is 0 Å². The van der Waals surface area contributed by atoms with Crippen LogP contribution < -0.4 is 0 Å². The summed E-state index contributed by atoms with van der Waals surface area (Å²) in [5.74, 6) is -1.14. The summed E-state index contributed by atoms with van der Waals surface area (Å²) in [7, 11) is 1.55. The number of nitrogens with zero attached hydrogens (tertiary/aromatic N) is 1. The minimum absolute atomic E-state index is 0.200. The first-order chi connectivity index (χ1) is 8.02. The van der Waals surface area contributed by atoms with Gasteiger partial charge in [-0.05, 0) is 37.0 Å². The summed E-state index contributed by atoms with van der Waals surface area (Å²) < 4.78 is 0. The Morgan fingerprint density at radius 1 is 1.47 bits per heavy atom. The van der Waals surface area contributed by atoms with Gasteiger partial charge in [-0.15, -0.1) is 0 Å². The Kier molecular flexibility index (Phi) is 2.88. The van der Waals surface area contributed by atoms with E-state index in [1.54, 1.807) is 13.1 Å². The van der Waals surface area contributed by atoms with E-state index in [1.807, 2.05) is 19.1 Å². The second kappa shape index (κ2) is 4.20. The normalized spacial score (nSPS) is 19.8. The molecule has 1 aromatic carbocycles. The molecule has 4 heteroatoms. The number of aryl methyl sites for hydroxylation is 1. The molecule has 17 heavy (non-hydrogen) atoms. The Bertz CT molecular complexity index is 482. The zero-order valence-corrected chi connectivity index (χ0v) is 9.93. The highest BCUT2D eigenvalue weighted by Crippen LogP contribution is 2.24. The van der Waals surface area contributed by atoms with E-state index < -0.39 is 12.0 Å². The summed E-state index contributed by atoms with van der Waals surface area (Å²) in [5, 5.41) is 9.11. The number of hydrogen-bond acceptors (Lipinski definition) is 2. The van der Waals surface area contributed by atoms with Gasteiger partial charge in [-0.2, -0.15) is 0 Å². The average Bonchev–Trinajstić information content (AvgIpc) is 2.40. The van der Waals surface area contributed by atoms with Crippen LogP contribution in [0.25, 0.3) is 0 Å². The van der Waals surface area contributed by atoms with Crippen LogP contribution in [0.5, 0.6) is 0 Å². The van der Waals surface area contributed by atoms with Crippen molar-refractivity contribution in [3.8, 4) is 0 Å². The second-order valence-electron chi connectivity index (χ2n) is 4.41. The number of rotatable bonds is 1. The molecule has 1 aromatic rings. The van der Waals surface area contributed by atoms with Crippen molar-refractivity contribution in [1.29, 1.82) is 0 Å². The number of fused-ring (bicyclic) bond motifs is 1. The zero-order valence-electron chi connectivity index (χ0n) is 9.93. The van der Waals surface area contributed by atoms with Crippen molar-refractivity contribution in [3.63, 3.8) is 0 Å². The lowest BCUT2D eigenvalue weighted by atomic mass is 9.98. The Morgan fingerprint density at radius 2 is 2.18 bits per heavy atom. The fourth-order valence-electron chi connectivity index (χ4n) is 2.33. The Labute approximate surface area is 99.9 Å². The molecule has 0 bridgehead atoms. The minimum atomic E-state index is -0.939. The number of aliphatic carboxylic acids is 1. The molecule has 1 heterocycles. The molecule has 1 N–H and O–H groups in total. The van der Waals surface area contributed by atoms with Gasteiger partial charge in [0.1, 0.15) is 6.04 Å². The van der Waals surface area contributed by atoms with Crippen LogP contribution in [-0.4, -0.2) is 35.0 Å². The van der Waals surface area contributed by atoms with Crippen molar-refractivity contribution >= 4 is 11.9 Å². The number of carbonyl (C=O) groups excluding carboxylic acids is 1. The zero-order chi connectivity index (χ0) is 12.6. The highest BCUT2D eigenvalue weighted by molar-refractivity contribution is 5.98. The highest BCUT2D eigenvalue weighted by atomic mass is 16.4. The van der Waals surface area contributed by atoms with Crippen molar-refractivity contribution < 1.29 is 14.7 Å². The molecular formula is C13H15NO3. The van der Waals surface area contributed by atoms with Crippen LogP contribution in [0.4, 0.5) is 0 Å². The number of hydrogen-bond donors (Lipinski definition) is 1. The third-order valence-corrected chi connectivity index (χ3v) is 3.38. The molecule has 90 valence electrons. The minimum Gasteiger partial charge on any atom is -0.480 e. The van der Waals surface area contributed by atoms with E-state index >= 15 is 0 Å². The molecule has 1 amide bonds. The lowest BCUT2D eigenvalue weighted by molar-refractivity contribution is -0.142. The summed E-state index contributed by atoms with van der Waals surface area (Å²) in [5.41, 5.74) is 2.67. The van der Waals surface area contributed by atoms with E-state index in [9.17, 15) is 9.59 Å².